The smallest absolute Gasteiger partial charge is 0.251 e. The van der Waals surface area contributed by atoms with Crippen LogP contribution in [0.3, 0.4) is 0 Å². The highest BCUT2D eigenvalue weighted by Crippen LogP contribution is 2.37. The quantitative estimate of drug-likeness (QED) is 0.272. The van der Waals surface area contributed by atoms with E-state index in [1.54, 1.807) is 59.2 Å². The highest BCUT2D eigenvalue weighted by Gasteiger charge is 2.34. The minimum absolute atomic E-state index is 0.0900. The molecular weight excluding hydrogens is 534 g/mol. The van der Waals surface area contributed by atoms with Crippen LogP contribution in [0.4, 0.5) is 5.69 Å². The van der Waals surface area contributed by atoms with Crippen LogP contribution in [0.2, 0.25) is 0 Å². The molecule has 0 radical (unpaired) electrons. The number of aryl methyl sites for hydroxylation is 1. The highest BCUT2D eigenvalue weighted by molar-refractivity contribution is 5.98. The van der Waals surface area contributed by atoms with Gasteiger partial charge in [0.15, 0.2) is 11.5 Å². The zero-order valence-electron chi connectivity index (χ0n) is 23.2. The number of carbonyl (C=O) groups is 2. The molecule has 1 atom stereocenters. The van der Waals surface area contributed by atoms with Crippen LogP contribution in [0.25, 0.3) is 11.0 Å². The predicted molar refractivity (Wildman–Crippen MR) is 156 cm³/mol. The minimum atomic E-state index is -1.01. The summed E-state index contributed by atoms with van der Waals surface area (Å²) < 4.78 is 18.0. The van der Waals surface area contributed by atoms with Crippen molar-refractivity contribution in [2.45, 2.75) is 26.1 Å². The summed E-state index contributed by atoms with van der Waals surface area (Å²) in [5.41, 5.74) is 4.47. The lowest BCUT2D eigenvalue weighted by molar-refractivity contribution is -0.140. The number of hydrogen-bond donors (Lipinski definition) is 1. The van der Waals surface area contributed by atoms with Gasteiger partial charge in [0.2, 0.25) is 12.7 Å². The van der Waals surface area contributed by atoms with E-state index in [4.69, 9.17) is 14.2 Å². The van der Waals surface area contributed by atoms with Crippen molar-refractivity contribution in [1.82, 2.24) is 19.9 Å². The number of nitrogens with one attached hydrogen (secondary N) is 1. The Balaban J connectivity index is 1.41. The Morgan fingerprint density at radius 1 is 0.976 bits per heavy atom. The number of methoxy groups -OCH3 is 1. The number of carbonyl (C=O) groups excluding carboxylic acids is 2. The van der Waals surface area contributed by atoms with Crippen molar-refractivity contribution in [2.75, 3.05) is 19.2 Å². The molecule has 2 amide bonds. The van der Waals surface area contributed by atoms with Crippen molar-refractivity contribution < 1.29 is 23.8 Å². The Bertz CT molecular complexity index is 1750. The van der Waals surface area contributed by atoms with E-state index in [2.05, 4.69) is 15.6 Å². The first-order chi connectivity index (χ1) is 20.5. The number of ether oxygens (including phenoxy) is 3. The van der Waals surface area contributed by atoms with Crippen LogP contribution in [0.1, 0.15) is 22.7 Å². The van der Waals surface area contributed by atoms with E-state index in [0.717, 1.165) is 16.6 Å². The number of fused-ring (bicyclic) bond motifs is 2. The number of anilines is 1. The number of nitrogens with zero attached hydrogens (tertiary/aromatic N) is 4. The van der Waals surface area contributed by atoms with E-state index in [0.29, 0.717) is 34.0 Å². The van der Waals surface area contributed by atoms with Gasteiger partial charge in [-0.25, -0.2) is 4.68 Å². The van der Waals surface area contributed by atoms with Gasteiger partial charge in [-0.15, -0.1) is 5.10 Å². The largest absolute Gasteiger partial charge is 0.497 e. The van der Waals surface area contributed by atoms with Gasteiger partial charge in [0.25, 0.3) is 5.91 Å². The van der Waals surface area contributed by atoms with Crippen LogP contribution in [-0.2, 0) is 22.7 Å². The minimum Gasteiger partial charge on any atom is -0.497 e. The fourth-order valence-corrected chi connectivity index (χ4v) is 4.99. The molecule has 2 heterocycles. The number of benzene rings is 4. The molecule has 42 heavy (non-hydrogen) atoms. The lowest BCUT2D eigenvalue weighted by Crippen LogP contribution is -2.42. The number of hydrogen-bond acceptors (Lipinski definition) is 7. The molecule has 1 aliphatic heterocycles. The van der Waals surface area contributed by atoms with Crippen LogP contribution in [-0.4, -0.2) is 45.6 Å². The second kappa shape index (κ2) is 11.6. The van der Waals surface area contributed by atoms with Gasteiger partial charge in [-0.3, -0.25) is 9.59 Å². The van der Waals surface area contributed by atoms with Gasteiger partial charge in [-0.1, -0.05) is 47.7 Å². The van der Waals surface area contributed by atoms with Gasteiger partial charge in [-0.05, 0) is 72.1 Å². The van der Waals surface area contributed by atoms with E-state index in [-0.39, 0.29) is 31.7 Å². The maximum absolute atomic E-state index is 14.2. The molecule has 0 aliphatic carbocycles. The Hall–Kier alpha value is -5.38. The molecule has 1 unspecified atom stereocenters. The predicted octanol–water partition coefficient (Wildman–Crippen LogP) is 4.89. The Morgan fingerprint density at radius 3 is 2.55 bits per heavy atom. The number of para-hydroxylation sites is 1. The lowest BCUT2D eigenvalue weighted by Gasteiger charge is -2.32. The third kappa shape index (κ3) is 5.46. The van der Waals surface area contributed by atoms with Crippen LogP contribution < -0.4 is 19.5 Å². The molecule has 1 aromatic heterocycles. The molecule has 212 valence electrons. The molecule has 0 spiro atoms. The van der Waals surface area contributed by atoms with E-state index in [9.17, 15) is 9.59 Å². The van der Waals surface area contributed by atoms with Gasteiger partial charge in [-0.2, -0.15) is 0 Å². The van der Waals surface area contributed by atoms with Crippen LogP contribution in [0, 0.1) is 6.92 Å². The Labute approximate surface area is 242 Å². The van der Waals surface area contributed by atoms with Crippen LogP contribution in [0.15, 0.2) is 91.0 Å². The van der Waals surface area contributed by atoms with Crippen molar-refractivity contribution in [3.05, 3.63) is 108 Å². The fraction of sp³-hybridized carbons (Fsp3) is 0.188. The zero-order chi connectivity index (χ0) is 29.1. The molecule has 0 saturated heterocycles. The zero-order valence-corrected chi connectivity index (χ0v) is 23.2. The average Bonchev–Trinajstić information content (AvgIpc) is 3.65. The second-order valence-corrected chi connectivity index (χ2v) is 9.92. The molecule has 6 rings (SSSR count). The van der Waals surface area contributed by atoms with Crippen molar-refractivity contribution >= 4 is 28.5 Å². The van der Waals surface area contributed by atoms with E-state index < -0.39 is 6.04 Å². The number of aromatic nitrogens is 3. The summed E-state index contributed by atoms with van der Waals surface area (Å²) in [6, 6.07) is 26.6. The van der Waals surface area contributed by atoms with Gasteiger partial charge in [0.05, 0.1) is 12.6 Å². The molecule has 10 nitrogen and oxygen atoms in total. The second-order valence-electron chi connectivity index (χ2n) is 9.92. The molecule has 0 bridgehead atoms. The molecule has 0 saturated carbocycles. The van der Waals surface area contributed by atoms with Crippen molar-refractivity contribution in [3.8, 4) is 17.2 Å². The van der Waals surface area contributed by atoms with Gasteiger partial charge in [0.1, 0.15) is 23.9 Å². The molecule has 1 aliphatic rings. The van der Waals surface area contributed by atoms with Crippen LogP contribution >= 0.6 is 0 Å². The standard InChI is InChI=1S/C32H29N5O5/c1-21-7-3-4-8-23(21)18-36(30(38)19-37-27-10-6-5-9-26(27)34-35-37)31(22-11-16-28-29(17-22)42-20-41-28)32(39)33-24-12-14-25(40-2)15-13-24/h3-17,31H,18-20H2,1-2H3,(H,33,39). The maximum atomic E-state index is 14.2. The van der Waals surface area contributed by atoms with E-state index >= 15 is 0 Å². The summed E-state index contributed by atoms with van der Waals surface area (Å²) >= 11 is 0. The van der Waals surface area contributed by atoms with Gasteiger partial charge < -0.3 is 24.4 Å². The molecule has 0 fully saturated rings. The highest BCUT2D eigenvalue weighted by atomic mass is 16.7. The van der Waals surface area contributed by atoms with Gasteiger partial charge >= 0.3 is 0 Å². The first kappa shape index (κ1) is 26.8. The lowest BCUT2D eigenvalue weighted by atomic mass is 10.0. The third-order valence-corrected chi connectivity index (χ3v) is 7.26. The Morgan fingerprint density at radius 2 is 1.74 bits per heavy atom. The molecule has 4 aromatic carbocycles. The fourth-order valence-electron chi connectivity index (χ4n) is 4.99. The maximum Gasteiger partial charge on any atom is 0.251 e. The monoisotopic (exact) mass is 563 g/mol. The Kier molecular flexibility index (Phi) is 7.42. The SMILES string of the molecule is COc1ccc(NC(=O)C(c2ccc3c(c2)OCO3)N(Cc2ccccc2C)C(=O)Cn2nnc3ccccc32)cc1. The molecule has 10 heteroatoms. The molecule has 1 N–H and O–H groups in total. The van der Waals surface area contributed by atoms with E-state index in [1.165, 1.54) is 0 Å². The number of amides is 2. The van der Waals surface area contributed by atoms with Crippen molar-refractivity contribution in [1.29, 1.82) is 0 Å². The first-order valence-electron chi connectivity index (χ1n) is 13.5. The van der Waals surface area contributed by atoms with Crippen molar-refractivity contribution in [3.63, 3.8) is 0 Å². The van der Waals surface area contributed by atoms with Gasteiger partial charge in [0, 0.05) is 12.2 Å². The summed E-state index contributed by atoms with van der Waals surface area (Å²) in [5.74, 6) is 1.07. The van der Waals surface area contributed by atoms with Crippen molar-refractivity contribution in [2.24, 2.45) is 0 Å². The first-order valence-corrected chi connectivity index (χ1v) is 13.5. The molecular formula is C32H29N5O5. The summed E-state index contributed by atoms with van der Waals surface area (Å²) in [4.78, 5) is 30.0. The van der Waals surface area contributed by atoms with E-state index in [1.807, 2.05) is 55.5 Å². The topological polar surface area (TPSA) is 108 Å². The summed E-state index contributed by atoms with van der Waals surface area (Å²) in [7, 11) is 1.58. The average molecular weight is 564 g/mol. The normalized spacial score (nSPS) is 12.6. The molecule has 5 aromatic rings. The van der Waals surface area contributed by atoms with Crippen LogP contribution in [0.5, 0.6) is 17.2 Å². The summed E-state index contributed by atoms with van der Waals surface area (Å²) in [6.07, 6.45) is 0. The summed E-state index contributed by atoms with van der Waals surface area (Å²) in [5, 5.41) is 11.4. The number of rotatable bonds is 9. The summed E-state index contributed by atoms with van der Waals surface area (Å²) in [6.45, 7) is 2.15. The third-order valence-electron chi connectivity index (χ3n) is 7.26.